The van der Waals surface area contributed by atoms with E-state index in [4.69, 9.17) is 4.99 Å². The van der Waals surface area contributed by atoms with Gasteiger partial charge >= 0.3 is 0 Å². The lowest BCUT2D eigenvalue weighted by atomic mass is 9.87. The smallest absolute Gasteiger partial charge is 0.128 e. The van der Waals surface area contributed by atoms with E-state index in [1.165, 1.54) is 11.1 Å². The number of aliphatic hydroxyl groups is 1. The second kappa shape index (κ2) is 7.85. The van der Waals surface area contributed by atoms with E-state index in [1.807, 2.05) is 6.92 Å². The molecule has 27 heavy (non-hydrogen) atoms. The minimum absolute atomic E-state index is 0.00244. The SMILES string of the molecule is CC(=N[C@H](CO)C(C)(C)C)c1c2ccc(c1O)CCc1ccc(cc1)CC2. The Labute approximate surface area is 162 Å². The van der Waals surface area contributed by atoms with Gasteiger partial charge in [0, 0.05) is 11.3 Å². The van der Waals surface area contributed by atoms with Crippen LogP contribution in [0.25, 0.3) is 0 Å². The number of aryl methyl sites for hydroxylation is 4. The molecule has 0 aliphatic heterocycles. The van der Waals surface area contributed by atoms with E-state index < -0.39 is 0 Å². The minimum atomic E-state index is -0.195. The highest BCUT2D eigenvalue weighted by molar-refractivity contribution is 6.03. The lowest BCUT2D eigenvalue weighted by Crippen LogP contribution is -2.29. The molecular weight excluding hydrogens is 334 g/mol. The predicted octanol–water partition coefficient (Wildman–Crippen LogP) is 4.49. The zero-order valence-corrected chi connectivity index (χ0v) is 16.9. The number of aliphatic hydroxyl groups excluding tert-OH is 1. The lowest BCUT2D eigenvalue weighted by Gasteiger charge is -2.27. The van der Waals surface area contributed by atoms with Gasteiger partial charge in [-0.05, 0) is 60.3 Å². The average molecular weight is 366 g/mol. The molecule has 144 valence electrons. The molecule has 0 fully saturated rings. The van der Waals surface area contributed by atoms with Crippen molar-refractivity contribution in [3.63, 3.8) is 0 Å². The Balaban J connectivity index is 2.05. The molecule has 0 heterocycles. The first-order valence-electron chi connectivity index (χ1n) is 9.86. The maximum absolute atomic E-state index is 11.0. The first kappa shape index (κ1) is 19.6. The normalized spacial score (nSPS) is 16.1. The van der Waals surface area contributed by atoms with E-state index in [0.717, 1.165) is 48.1 Å². The summed E-state index contributed by atoms with van der Waals surface area (Å²) in [5, 5.41) is 20.8. The molecule has 1 atom stereocenters. The van der Waals surface area contributed by atoms with Crippen LogP contribution in [-0.2, 0) is 25.7 Å². The van der Waals surface area contributed by atoms with E-state index in [2.05, 4.69) is 57.2 Å². The number of rotatable bonds is 3. The first-order chi connectivity index (χ1) is 12.8. The summed E-state index contributed by atoms with van der Waals surface area (Å²) < 4.78 is 0. The number of aromatic hydroxyl groups is 1. The molecule has 0 saturated heterocycles. The third-order valence-electron chi connectivity index (χ3n) is 5.62. The van der Waals surface area contributed by atoms with Crippen LogP contribution >= 0.6 is 0 Å². The van der Waals surface area contributed by atoms with Crippen molar-refractivity contribution < 1.29 is 10.2 Å². The molecular formula is C24H31NO2. The molecule has 3 heteroatoms. The number of nitrogens with zero attached hydrogens (tertiary/aromatic N) is 1. The Morgan fingerprint density at radius 1 is 0.926 bits per heavy atom. The fraction of sp³-hybridized carbons (Fsp3) is 0.458. The Hall–Kier alpha value is -2.13. The van der Waals surface area contributed by atoms with Crippen LogP contribution in [0.1, 0.15) is 55.5 Å². The number of phenolic OH excluding ortho intramolecular Hbond substituents is 1. The quantitative estimate of drug-likeness (QED) is 0.787. The summed E-state index contributed by atoms with van der Waals surface area (Å²) in [7, 11) is 0. The summed E-state index contributed by atoms with van der Waals surface area (Å²) >= 11 is 0. The van der Waals surface area contributed by atoms with Crippen LogP contribution < -0.4 is 0 Å². The van der Waals surface area contributed by atoms with Crippen LogP contribution in [0.3, 0.4) is 0 Å². The van der Waals surface area contributed by atoms with Crippen molar-refractivity contribution in [1.82, 2.24) is 0 Å². The van der Waals surface area contributed by atoms with Crippen LogP contribution in [0.4, 0.5) is 0 Å². The van der Waals surface area contributed by atoms with Crippen LogP contribution in [0, 0.1) is 5.41 Å². The Kier molecular flexibility index (Phi) is 5.71. The molecule has 4 bridgehead atoms. The summed E-state index contributed by atoms with van der Waals surface area (Å²) in [5.41, 5.74) is 6.21. The van der Waals surface area contributed by atoms with Crippen molar-refractivity contribution in [1.29, 1.82) is 0 Å². The third kappa shape index (κ3) is 4.41. The van der Waals surface area contributed by atoms with Gasteiger partial charge in [-0.2, -0.15) is 0 Å². The van der Waals surface area contributed by atoms with Crippen LogP contribution in [0.15, 0.2) is 41.4 Å². The molecule has 4 aliphatic rings. The van der Waals surface area contributed by atoms with E-state index in [-0.39, 0.29) is 18.1 Å². The molecule has 0 amide bonds. The van der Waals surface area contributed by atoms with Crippen LogP contribution in [0.2, 0.25) is 0 Å². The van der Waals surface area contributed by atoms with Gasteiger partial charge in [-0.3, -0.25) is 4.99 Å². The summed E-state index contributed by atoms with van der Waals surface area (Å²) in [6.07, 6.45) is 3.50. The summed E-state index contributed by atoms with van der Waals surface area (Å²) in [5.74, 6) is 0.356. The van der Waals surface area contributed by atoms with Gasteiger partial charge in [-0.25, -0.2) is 0 Å². The molecule has 2 N–H and O–H groups in total. The molecule has 6 rings (SSSR count). The van der Waals surface area contributed by atoms with Gasteiger partial charge in [0.2, 0.25) is 0 Å². The average Bonchev–Trinajstić information content (AvgIpc) is 2.61. The van der Waals surface area contributed by atoms with E-state index in [1.54, 1.807) is 0 Å². The minimum Gasteiger partial charge on any atom is -0.507 e. The van der Waals surface area contributed by atoms with Gasteiger partial charge in [0.05, 0.1) is 12.6 Å². The summed E-state index contributed by atoms with van der Waals surface area (Å²) in [6, 6.07) is 12.8. The molecule has 0 saturated carbocycles. The Morgan fingerprint density at radius 2 is 1.44 bits per heavy atom. The van der Waals surface area contributed by atoms with Crippen molar-refractivity contribution in [2.75, 3.05) is 6.61 Å². The largest absolute Gasteiger partial charge is 0.507 e. The summed E-state index contributed by atoms with van der Waals surface area (Å²) in [4.78, 5) is 4.82. The molecule has 0 unspecified atom stereocenters. The number of benzene rings is 2. The van der Waals surface area contributed by atoms with Gasteiger partial charge in [0.15, 0.2) is 0 Å². The zero-order valence-electron chi connectivity index (χ0n) is 16.9. The second-order valence-electron chi connectivity index (χ2n) is 8.70. The van der Waals surface area contributed by atoms with Gasteiger partial charge in [0.1, 0.15) is 5.75 Å². The molecule has 0 radical (unpaired) electrons. The number of phenols is 1. The monoisotopic (exact) mass is 365 g/mol. The van der Waals surface area contributed by atoms with Crippen molar-refractivity contribution in [2.45, 2.75) is 59.4 Å². The predicted molar refractivity (Wildman–Crippen MR) is 112 cm³/mol. The first-order valence-corrected chi connectivity index (χ1v) is 9.86. The van der Waals surface area contributed by atoms with Crippen molar-refractivity contribution in [3.8, 4) is 5.75 Å². The number of aliphatic imine (C=N–C) groups is 1. The van der Waals surface area contributed by atoms with Crippen molar-refractivity contribution in [3.05, 3.63) is 64.2 Å². The van der Waals surface area contributed by atoms with Gasteiger partial charge in [0.25, 0.3) is 0 Å². The Bertz CT molecular complexity index is 829. The highest BCUT2D eigenvalue weighted by Crippen LogP contribution is 2.31. The van der Waals surface area contributed by atoms with Gasteiger partial charge < -0.3 is 10.2 Å². The Morgan fingerprint density at radius 3 is 1.96 bits per heavy atom. The second-order valence-corrected chi connectivity index (χ2v) is 8.70. The molecule has 0 spiro atoms. The zero-order chi connectivity index (χ0) is 19.6. The van der Waals surface area contributed by atoms with E-state index in [9.17, 15) is 10.2 Å². The molecule has 3 nitrogen and oxygen atoms in total. The van der Waals surface area contributed by atoms with Crippen molar-refractivity contribution >= 4 is 5.71 Å². The van der Waals surface area contributed by atoms with Gasteiger partial charge in [-0.1, -0.05) is 57.2 Å². The fourth-order valence-electron chi connectivity index (χ4n) is 3.73. The molecule has 2 aromatic carbocycles. The molecule has 0 aromatic heterocycles. The van der Waals surface area contributed by atoms with Gasteiger partial charge in [-0.15, -0.1) is 0 Å². The summed E-state index contributed by atoms with van der Waals surface area (Å²) in [6.45, 7) is 8.20. The molecule has 2 aromatic rings. The fourth-order valence-corrected chi connectivity index (χ4v) is 3.73. The lowest BCUT2D eigenvalue weighted by molar-refractivity contribution is 0.190. The highest BCUT2D eigenvalue weighted by atomic mass is 16.3. The maximum atomic E-state index is 11.0. The molecule has 4 aliphatic carbocycles. The maximum Gasteiger partial charge on any atom is 0.128 e. The standard InChI is InChI=1S/C24H31NO2/c1-16(25-21(15-26)24(2,3)4)22-19-11-9-17-5-7-18(8-6-17)10-12-20(14-13-19)23(22)27/h5-8,13-14,21,26-27H,9-12,15H2,1-4H3/t21-/m1/s1. The van der Waals surface area contributed by atoms with Crippen LogP contribution in [0.5, 0.6) is 5.75 Å². The highest BCUT2D eigenvalue weighted by Gasteiger charge is 2.25. The van der Waals surface area contributed by atoms with E-state index in [0.29, 0.717) is 5.75 Å². The van der Waals surface area contributed by atoms with Crippen LogP contribution in [-0.4, -0.2) is 28.6 Å². The number of hydrogen-bond acceptors (Lipinski definition) is 3. The third-order valence-corrected chi connectivity index (χ3v) is 5.62. The van der Waals surface area contributed by atoms with Crippen molar-refractivity contribution in [2.24, 2.45) is 10.4 Å². The van der Waals surface area contributed by atoms with E-state index >= 15 is 0 Å². The topological polar surface area (TPSA) is 52.8 Å². The number of hydrogen-bond donors (Lipinski definition) is 2.